The Morgan fingerprint density at radius 1 is 1.10 bits per heavy atom. The average Bonchev–Trinajstić information content (AvgIpc) is 2.47. The molecule has 0 amide bonds. The predicted octanol–water partition coefficient (Wildman–Crippen LogP) is 4.42. The lowest BCUT2D eigenvalue weighted by Gasteiger charge is -2.11. The first-order chi connectivity index (χ1) is 10.1. The van der Waals surface area contributed by atoms with Gasteiger partial charge in [-0.3, -0.25) is 4.79 Å². The largest absolute Gasteiger partial charge is 0.490 e. The van der Waals surface area contributed by atoms with Crippen molar-refractivity contribution in [2.75, 3.05) is 13.2 Å². The quantitative estimate of drug-likeness (QED) is 0.572. The number of rotatable bonds is 6. The van der Waals surface area contributed by atoms with E-state index in [0.717, 1.165) is 15.8 Å². The third kappa shape index (κ3) is 4.33. The maximum atomic E-state index is 11.5. The number of ketones is 1. The summed E-state index contributed by atoms with van der Waals surface area (Å²) in [5.74, 6) is 1.40. The van der Waals surface area contributed by atoms with E-state index in [-0.39, 0.29) is 5.78 Å². The van der Waals surface area contributed by atoms with Gasteiger partial charge in [0.05, 0.1) is 5.56 Å². The van der Waals surface area contributed by atoms with Crippen LogP contribution in [0.4, 0.5) is 0 Å². The molecule has 2 aromatic rings. The molecule has 0 unspecified atom stereocenters. The molecular weight excluding hydrogens is 332 g/mol. The summed E-state index contributed by atoms with van der Waals surface area (Å²) < 4.78 is 12.3. The predicted molar refractivity (Wildman–Crippen MR) is 86.3 cm³/mol. The van der Waals surface area contributed by atoms with Crippen LogP contribution >= 0.6 is 15.9 Å². The Kier molecular flexibility index (Phi) is 5.39. The summed E-state index contributed by atoms with van der Waals surface area (Å²) in [6.45, 7) is 4.35. The topological polar surface area (TPSA) is 35.5 Å². The van der Waals surface area contributed by atoms with Crippen LogP contribution in [0.3, 0.4) is 0 Å². The Morgan fingerprint density at radius 2 is 1.81 bits per heavy atom. The maximum Gasteiger partial charge on any atom is 0.163 e. The van der Waals surface area contributed by atoms with E-state index in [1.807, 2.05) is 37.3 Å². The van der Waals surface area contributed by atoms with Gasteiger partial charge in [0.2, 0.25) is 0 Å². The van der Waals surface area contributed by atoms with Crippen molar-refractivity contribution in [3.63, 3.8) is 0 Å². The second-order valence-corrected chi connectivity index (χ2v) is 5.51. The number of benzene rings is 2. The molecule has 4 heteroatoms. The van der Waals surface area contributed by atoms with Gasteiger partial charge in [0, 0.05) is 4.47 Å². The Morgan fingerprint density at radius 3 is 2.52 bits per heavy atom. The molecule has 0 radical (unpaired) electrons. The molecule has 3 nitrogen and oxygen atoms in total. The van der Waals surface area contributed by atoms with Crippen LogP contribution in [0.25, 0.3) is 0 Å². The third-order valence-electron chi connectivity index (χ3n) is 3.01. The van der Waals surface area contributed by atoms with Gasteiger partial charge in [-0.15, -0.1) is 0 Å². The van der Waals surface area contributed by atoms with Crippen LogP contribution in [-0.2, 0) is 0 Å². The van der Waals surface area contributed by atoms with E-state index in [1.54, 1.807) is 12.1 Å². The molecule has 0 fully saturated rings. The first kappa shape index (κ1) is 15.6. The van der Waals surface area contributed by atoms with Crippen LogP contribution in [-0.4, -0.2) is 19.0 Å². The van der Waals surface area contributed by atoms with E-state index in [4.69, 9.17) is 9.47 Å². The summed E-state index contributed by atoms with van der Waals surface area (Å²) in [4.78, 5) is 11.5. The van der Waals surface area contributed by atoms with Crippen molar-refractivity contribution in [3.8, 4) is 11.5 Å². The summed E-state index contributed by atoms with van der Waals surface area (Å²) in [5.41, 5.74) is 1.72. The van der Waals surface area contributed by atoms with Crippen LogP contribution in [0.15, 0.2) is 46.9 Å². The van der Waals surface area contributed by atoms with Crippen LogP contribution in [0.2, 0.25) is 0 Å². The van der Waals surface area contributed by atoms with Gasteiger partial charge in [-0.2, -0.15) is 0 Å². The minimum atomic E-state index is -0.00458. The van der Waals surface area contributed by atoms with E-state index in [0.29, 0.717) is 24.5 Å². The van der Waals surface area contributed by atoms with Gasteiger partial charge in [0.1, 0.15) is 24.7 Å². The van der Waals surface area contributed by atoms with Crippen molar-refractivity contribution in [3.05, 3.63) is 58.1 Å². The molecule has 0 aliphatic carbocycles. The monoisotopic (exact) mass is 348 g/mol. The number of hydrogen-bond donors (Lipinski definition) is 0. The Bertz CT molecular complexity index is 638. The molecule has 21 heavy (non-hydrogen) atoms. The highest BCUT2D eigenvalue weighted by Crippen LogP contribution is 2.22. The minimum Gasteiger partial charge on any atom is -0.490 e. The molecule has 0 aromatic heterocycles. The van der Waals surface area contributed by atoms with Gasteiger partial charge in [0.15, 0.2) is 5.78 Å². The van der Waals surface area contributed by atoms with Crippen molar-refractivity contribution in [2.45, 2.75) is 13.8 Å². The number of para-hydroxylation sites is 1. The van der Waals surface area contributed by atoms with Crippen molar-refractivity contribution >= 4 is 21.7 Å². The molecule has 0 bridgehead atoms. The molecule has 0 heterocycles. The van der Waals surface area contributed by atoms with Crippen LogP contribution in [0.5, 0.6) is 11.5 Å². The van der Waals surface area contributed by atoms with Gasteiger partial charge in [-0.25, -0.2) is 0 Å². The highest BCUT2D eigenvalue weighted by Gasteiger charge is 2.07. The second-order valence-electron chi connectivity index (χ2n) is 4.66. The Balaban J connectivity index is 1.87. The van der Waals surface area contributed by atoms with Gasteiger partial charge < -0.3 is 9.47 Å². The lowest BCUT2D eigenvalue weighted by Crippen LogP contribution is -2.10. The number of aryl methyl sites for hydroxylation is 1. The molecular formula is C17H17BrO3. The highest BCUT2D eigenvalue weighted by atomic mass is 79.9. The number of Topliss-reactive ketones (excluding diaryl/α,β-unsaturated/α-hetero) is 1. The second kappa shape index (κ2) is 7.27. The molecule has 110 valence electrons. The summed E-state index contributed by atoms with van der Waals surface area (Å²) in [6.07, 6.45) is 0. The standard InChI is InChI=1S/C17H17BrO3/c1-12-11-14(7-8-16(12)18)20-9-10-21-17-6-4-3-5-15(17)13(2)19/h3-8,11H,9-10H2,1-2H3. The summed E-state index contributed by atoms with van der Waals surface area (Å²) >= 11 is 3.45. The molecule has 2 rings (SSSR count). The molecule has 0 atom stereocenters. The van der Waals surface area contributed by atoms with Gasteiger partial charge in [-0.1, -0.05) is 28.1 Å². The smallest absolute Gasteiger partial charge is 0.163 e. The van der Waals surface area contributed by atoms with E-state index in [2.05, 4.69) is 15.9 Å². The lowest BCUT2D eigenvalue weighted by atomic mass is 10.1. The number of carbonyl (C=O) groups excluding carboxylic acids is 1. The van der Waals surface area contributed by atoms with Crippen molar-refractivity contribution in [1.82, 2.24) is 0 Å². The average molecular weight is 349 g/mol. The fourth-order valence-corrected chi connectivity index (χ4v) is 2.15. The summed E-state index contributed by atoms with van der Waals surface area (Å²) in [7, 11) is 0. The Hall–Kier alpha value is -1.81. The minimum absolute atomic E-state index is 0.00458. The fraction of sp³-hybridized carbons (Fsp3) is 0.235. The summed E-state index contributed by atoms with van der Waals surface area (Å²) in [6, 6.07) is 13.0. The molecule has 0 aliphatic heterocycles. The molecule has 0 saturated heterocycles. The van der Waals surface area contributed by atoms with Gasteiger partial charge in [0.25, 0.3) is 0 Å². The number of halogens is 1. The zero-order valence-electron chi connectivity index (χ0n) is 12.1. The summed E-state index contributed by atoms with van der Waals surface area (Å²) in [5, 5.41) is 0. The first-order valence-electron chi connectivity index (χ1n) is 6.69. The highest BCUT2D eigenvalue weighted by molar-refractivity contribution is 9.10. The van der Waals surface area contributed by atoms with E-state index in [9.17, 15) is 4.79 Å². The molecule has 0 N–H and O–H groups in total. The molecule has 0 saturated carbocycles. The fourth-order valence-electron chi connectivity index (χ4n) is 1.90. The third-order valence-corrected chi connectivity index (χ3v) is 3.90. The van der Waals surface area contributed by atoms with Gasteiger partial charge >= 0.3 is 0 Å². The van der Waals surface area contributed by atoms with Crippen LogP contribution < -0.4 is 9.47 Å². The number of carbonyl (C=O) groups is 1. The SMILES string of the molecule is CC(=O)c1ccccc1OCCOc1ccc(Br)c(C)c1. The van der Waals surface area contributed by atoms with Crippen molar-refractivity contribution in [2.24, 2.45) is 0 Å². The zero-order chi connectivity index (χ0) is 15.2. The normalized spacial score (nSPS) is 10.2. The van der Waals surface area contributed by atoms with Crippen molar-refractivity contribution in [1.29, 1.82) is 0 Å². The van der Waals surface area contributed by atoms with E-state index < -0.39 is 0 Å². The Labute approximate surface area is 133 Å². The number of ether oxygens (including phenoxy) is 2. The molecule has 0 aliphatic rings. The van der Waals surface area contributed by atoms with E-state index >= 15 is 0 Å². The maximum absolute atomic E-state index is 11.5. The first-order valence-corrected chi connectivity index (χ1v) is 7.49. The van der Waals surface area contributed by atoms with Crippen molar-refractivity contribution < 1.29 is 14.3 Å². The lowest BCUT2D eigenvalue weighted by molar-refractivity contribution is 0.101. The molecule has 0 spiro atoms. The van der Waals surface area contributed by atoms with E-state index in [1.165, 1.54) is 6.92 Å². The molecule has 2 aromatic carbocycles. The van der Waals surface area contributed by atoms with Gasteiger partial charge in [-0.05, 0) is 49.7 Å². The van der Waals surface area contributed by atoms with Crippen LogP contribution in [0.1, 0.15) is 22.8 Å². The number of hydrogen-bond acceptors (Lipinski definition) is 3. The zero-order valence-corrected chi connectivity index (χ0v) is 13.6. The van der Waals surface area contributed by atoms with Crippen LogP contribution in [0, 0.1) is 6.92 Å².